The summed E-state index contributed by atoms with van der Waals surface area (Å²) >= 11 is 0. The van der Waals surface area contributed by atoms with Crippen LogP contribution < -0.4 is 10.1 Å². The first-order valence-electron chi connectivity index (χ1n) is 6.10. The molecule has 1 heterocycles. The van der Waals surface area contributed by atoms with Crippen molar-refractivity contribution in [1.29, 1.82) is 0 Å². The van der Waals surface area contributed by atoms with Crippen molar-refractivity contribution in [2.24, 2.45) is 0 Å². The smallest absolute Gasteiger partial charge is 0.120 e. The minimum atomic E-state index is 0.178. The maximum Gasteiger partial charge on any atom is 0.120 e. The van der Waals surface area contributed by atoms with Crippen LogP contribution in [0.3, 0.4) is 0 Å². The third-order valence-electron chi connectivity index (χ3n) is 2.55. The molecule has 2 aromatic rings. The summed E-state index contributed by atoms with van der Waals surface area (Å²) in [5.74, 6) is 0.874. The summed E-state index contributed by atoms with van der Waals surface area (Å²) in [6.07, 6.45) is 1.98. The lowest BCUT2D eigenvalue weighted by molar-refractivity contribution is 0.242. The molecule has 0 saturated heterocycles. The molecule has 0 saturated carbocycles. The molecule has 1 aromatic carbocycles. The molecule has 18 heavy (non-hydrogen) atoms. The fraction of sp³-hybridized carbons (Fsp3) is 0.267. The Hall–Kier alpha value is -2.03. The van der Waals surface area contributed by atoms with E-state index in [4.69, 9.17) is 4.74 Å². The van der Waals surface area contributed by atoms with E-state index in [0.29, 0.717) is 0 Å². The van der Waals surface area contributed by atoms with Gasteiger partial charge in [0, 0.05) is 24.5 Å². The fourth-order valence-electron chi connectivity index (χ4n) is 1.74. The average molecular weight is 242 g/mol. The summed E-state index contributed by atoms with van der Waals surface area (Å²) in [6, 6.07) is 12.0. The Labute approximate surface area is 108 Å². The molecule has 2 rings (SSSR count). The number of hydrogen-bond acceptors (Lipinski definition) is 3. The van der Waals surface area contributed by atoms with E-state index < -0.39 is 0 Å². The lowest BCUT2D eigenvalue weighted by Gasteiger charge is -2.11. The van der Waals surface area contributed by atoms with Gasteiger partial charge in [-0.25, -0.2) is 0 Å². The third-order valence-corrected chi connectivity index (χ3v) is 2.55. The predicted molar refractivity (Wildman–Crippen MR) is 75.0 cm³/mol. The Morgan fingerprint density at radius 3 is 2.72 bits per heavy atom. The van der Waals surface area contributed by atoms with Gasteiger partial charge in [-0.15, -0.1) is 0 Å². The van der Waals surface area contributed by atoms with Crippen LogP contribution in [-0.2, 0) is 0 Å². The van der Waals surface area contributed by atoms with Gasteiger partial charge in [-0.05, 0) is 38.1 Å². The van der Waals surface area contributed by atoms with Gasteiger partial charge < -0.3 is 10.1 Å². The molecule has 94 valence electrons. The van der Waals surface area contributed by atoms with Gasteiger partial charge in [0.15, 0.2) is 0 Å². The lowest BCUT2D eigenvalue weighted by atomic mass is 10.1. The number of benzene rings is 1. The standard InChI is InChI=1S/C15H18N2O/c1-11(2)18-14-6-4-5-12(9-14)15-10-13(16-3)7-8-17-15/h4-11H,1-3H3,(H,16,17). The van der Waals surface area contributed by atoms with Crippen LogP contribution in [0.15, 0.2) is 42.6 Å². The van der Waals surface area contributed by atoms with Crippen molar-refractivity contribution in [1.82, 2.24) is 4.98 Å². The molecule has 0 radical (unpaired) electrons. The first kappa shape index (κ1) is 12.4. The number of nitrogens with one attached hydrogen (secondary N) is 1. The normalized spacial score (nSPS) is 10.4. The van der Waals surface area contributed by atoms with Gasteiger partial charge in [-0.3, -0.25) is 4.98 Å². The number of ether oxygens (including phenoxy) is 1. The van der Waals surface area contributed by atoms with Crippen molar-refractivity contribution in [2.75, 3.05) is 12.4 Å². The van der Waals surface area contributed by atoms with E-state index in [1.54, 1.807) is 6.20 Å². The van der Waals surface area contributed by atoms with Gasteiger partial charge in [0.2, 0.25) is 0 Å². The maximum absolute atomic E-state index is 5.69. The van der Waals surface area contributed by atoms with E-state index in [-0.39, 0.29) is 6.10 Å². The van der Waals surface area contributed by atoms with Crippen LogP contribution in [0.4, 0.5) is 5.69 Å². The van der Waals surface area contributed by atoms with Crippen molar-refractivity contribution >= 4 is 5.69 Å². The summed E-state index contributed by atoms with van der Waals surface area (Å²) in [5, 5.41) is 3.11. The van der Waals surface area contributed by atoms with E-state index in [1.807, 2.05) is 57.3 Å². The number of hydrogen-bond donors (Lipinski definition) is 1. The lowest BCUT2D eigenvalue weighted by Crippen LogP contribution is -2.05. The number of pyridine rings is 1. The minimum Gasteiger partial charge on any atom is -0.491 e. The Bertz CT molecular complexity index is 523. The molecule has 0 spiro atoms. The van der Waals surface area contributed by atoms with E-state index in [1.165, 1.54) is 0 Å². The summed E-state index contributed by atoms with van der Waals surface area (Å²) in [4.78, 5) is 4.38. The Balaban J connectivity index is 2.32. The molecular weight excluding hydrogens is 224 g/mol. The molecular formula is C15H18N2O. The second-order valence-corrected chi connectivity index (χ2v) is 4.37. The van der Waals surface area contributed by atoms with Crippen molar-refractivity contribution in [3.8, 4) is 17.0 Å². The summed E-state index contributed by atoms with van der Waals surface area (Å²) < 4.78 is 5.69. The molecule has 0 atom stereocenters. The zero-order valence-electron chi connectivity index (χ0n) is 11.0. The highest BCUT2D eigenvalue weighted by molar-refractivity contribution is 5.65. The molecule has 0 bridgehead atoms. The molecule has 3 heteroatoms. The largest absolute Gasteiger partial charge is 0.491 e. The van der Waals surface area contributed by atoms with Crippen LogP contribution >= 0.6 is 0 Å². The van der Waals surface area contributed by atoms with E-state index in [9.17, 15) is 0 Å². The number of nitrogens with zero attached hydrogens (tertiary/aromatic N) is 1. The number of anilines is 1. The summed E-state index contributed by atoms with van der Waals surface area (Å²) in [6.45, 7) is 4.04. The molecule has 0 aliphatic heterocycles. The zero-order chi connectivity index (χ0) is 13.0. The fourth-order valence-corrected chi connectivity index (χ4v) is 1.74. The van der Waals surface area contributed by atoms with Crippen molar-refractivity contribution in [2.45, 2.75) is 20.0 Å². The van der Waals surface area contributed by atoms with Crippen LogP contribution in [0.1, 0.15) is 13.8 Å². The highest BCUT2D eigenvalue weighted by atomic mass is 16.5. The van der Waals surface area contributed by atoms with Crippen molar-refractivity contribution in [3.63, 3.8) is 0 Å². The molecule has 1 N–H and O–H groups in total. The van der Waals surface area contributed by atoms with Crippen LogP contribution in [0.25, 0.3) is 11.3 Å². The van der Waals surface area contributed by atoms with Crippen LogP contribution in [-0.4, -0.2) is 18.1 Å². The minimum absolute atomic E-state index is 0.178. The third kappa shape index (κ3) is 3.00. The molecule has 0 amide bonds. The van der Waals surface area contributed by atoms with Gasteiger partial charge >= 0.3 is 0 Å². The van der Waals surface area contributed by atoms with E-state index in [2.05, 4.69) is 10.3 Å². The quantitative estimate of drug-likeness (QED) is 0.889. The molecule has 0 aliphatic rings. The van der Waals surface area contributed by atoms with E-state index >= 15 is 0 Å². The van der Waals surface area contributed by atoms with Gasteiger partial charge in [0.05, 0.1) is 11.8 Å². The first-order valence-corrected chi connectivity index (χ1v) is 6.10. The Morgan fingerprint density at radius 2 is 2.00 bits per heavy atom. The Morgan fingerprint density at radius 1 is 1.17 bits per heavy atom. The highest BCUT2D eigenvalue weighted by Gasteiger charge is 2.03. The molecule has 3 nitrogen and oxygen atoms in total. The predicted octanol–water partition coefficient (Wildman–Crippen LogP) is 3.58. The monoisotopic (exact) mass is 242 g/mol. The SMILES string of the molecule is CNc1ccnc(-c2cccc(OC(C)C)c2)c1. The molecule has 0 unspecified atom stereocenters. The van der Waals surface area contributed by atoms with Crippen molar-refractivity contribution in [3.05, 3.63) is 42.6 Å². The van der Waals surface area contributed by atoms with Gasteiger partial charge in [-0.1, -0.05) is 12.1 Å². The van der Waals surface area contributed by atoms with Gasteiger partial charge in [0.25, 0.3) is 0 Å². The van der Waals surface area contributed by atoms with Gasteiger partial charge in [0.1, 0.15) is 5.75 Å². The van der Waals surface area contributed by atoms with Crippen LogP contribution in [0, 0.1) is 0 Å². The van der Waals surface area contributed by atoms with E-state index in [0.717, 1.165) is 22.7 Å². The second kappa shape index (κ2) is 5.54. The van der Waals surface area contributed by atoms with Crippen molar-refractivity contribution < 1.29 is 4.74 Å². The Kier molecular flexibility index (Phi) is 3.82. The zero-order valence-corrected chi connectivity index (χ0v) is 11.0. The molecule has 1 aromatic heterocycles. The molecule has 0 fully saturated rings. The summed E-state index contributed by atoms with van der Waals surface area (Å²) in [7, 11) is 1.90. The van der Waals surface area contributed by atoms with Crippen LogP contribution in [0.2, 0.25) is 0 Å². The highest BCUT2D eigenvalue weighted by Crippen LogP contribution is 2.24. The summed E-state index contributed by atoms with van der Waals surface area (Å²) in [5.41, 5.74) is 3.05. The van der Waals surface area contributed by atoms with Gasteiger partial charge in [-0.2, -0.15) is 0 Å². The maximum atomic E-state index is 5.69. The number of aromatic nitrogens is 1. The second-order valence-electron chi connectivity index (χ2n) is 4.37. The van der Waals surface area contributed by atoms with Crippen LogP contribution in [0.5, 0.6) is 5.75 Å². The first-order chi connectivity index (χ1) is 8.69. The average Bonchev–Trinajstić information content (AvgIpc) is 2.38. The topological polar surface area (TPSA) is 34.2 Å². The molecule has 0 aliphatic carbocycles. The number of rotatable bonds is 4.